The molecule has 37 heavy (non-hydrogen) atoms. The number of hydrogen-bond acceptors (Lipinski definition) is 8. The molecule has 4 aromatic heterocycles. The molecule has 1 aromatic carbocycles. The molecule has 5 aromatic rings. The summed E-state index contributed by atoms with van der Waals surface area (Å²) in [5.74, 6) is 0.517. The molecule has 0 amide bonds. The van der Waals surface area contributed by atoms with Crippen LogP contribution in [0.15, 0.2) is 65.8 Å². The van der Waals surface area contributed by atoms with Gasteiger partial charge in [-0.25, -0.2) is 9.67 Å². The minimum absolute atomic E-state index is 0.262. The fourth-order valence-corrected chi connectivity index (χ4v) is 5.34. The average molecular weight is 534 g/mol. The van der Waals surface area contributed by atoms with Crippen LogP contribution in [-0.4, -0.2) is 29.7 Å². The number of fused-ring (bicyclic) bond motifs is 1. The zero-order valence-electron chi connectivity index (χ0n) is 20.2. The topological polar surface area (TPSA) is 99.8 Å². The van der Waals surface area contributed by atoms with Gasteiger partial charge >= 0.3 is 0 Å². The van der Waals surface area contributed by atoms with Crippen LogP contribution in [-0.2, 0) is 0 Å². The first-order chi connectivity index (χ1) is 18.0. The predicted molar refractivity (Wildman–Crippen MR) is 143 cm³/mol. The molecule has 1 fully saturated rings. The fourth-order valence-electron chi connectivity index (χ4n) is 4.29. The molecule has 0 bridgehead atoms. The van der Waals surface area contributed by atoms with Gasteiger partial charge in [0.1, 0.15) is 5.00 Å². The van der Waals surface area contributed by atoms with Crippen molar-refractivity contribution in [1.29, 1.82) is 0 Å². The van der Waals surface area contributed by atoms with Crippen molar-refractivity contribution in [2.75, 3.05) is 5.32 Å². The molecule has 188 valence electrons. The molecule has 6 rings (SSSR count). The Balaban J connectivity index is 1.32. The summed E-state index contributed by atoms with van der Waals surface area (Å²) in [5, 5.41) is 14.6. The van der Waals surface area contributed by atoms with E-state index in [1.165, 1.54) is 16.1 Å². The second-order valence-corrected chi connectivity index (χ2v) is 10.6. The van der Waals surface area contributed by atoms with E-state index in [1.54, 1.807) is 24.5 Å². The Morgan fingerprint density at radius 2 is 2.00 bits per heavy atom. The molecule has 11 heteroatoms. The van der Waals surface area contributed by atoms with Gasteiger partial charge in [-0.3, -0.25) is 9.78 Å². The number of thiazole rings is 1. The van der Waals surface area contributed by atoms with Gasteiger partial charge < -0.3 is 10.2 Å². The van der Waals surface area contributed by atoms with Gasteiger partial charge in [-0.15, -0.1) is 9.83 Å². The third-order valence-corrected chi connectivity index (χ3v) is 7.54. The predicted octanol–water partition coefficient (Wildman–Crippen LogP) is 5.33. The van der Waals surface area contributed by atoms with Gasteiger partial charge in [0.25, 0.3) is 5.56 Å². The highest BCUT2D eigenvalue weighted by molar-refractivity contribution is 7.17. The van der Waals surface area contributed by atoms with E-state index in [2.05, 4.69) is 25.6 Å². The lowest BCUT2D eigenvalue weighted by atomic mass is 10.1. The van der Waals surface area contributed by atoms with E-state index in [0.29, 0.717) is 27.2 Å². The van der Waals surface area contributed by atoms with E-state index in [9.17, 15) is 4.79 Å². The van der Waals surface area contributed by atoms with E-state index in [0.717, 1.165) is 34.6 Å². The van der Waals surface area contributed by atoms with Crippen LogP contribution in [0, 0.1) is 0 Å². The van der Waals surface area contributed by atoms with Gasteiger partial charge in [0, 0.05) is 28.1 Å². The van der Waals surface area contributed by atoms with Crippen molar-refractivity contribution in [1.82, 2.24) is 29.7 Å². The molecule has 2 atom stereocenters. The first-order valence-electron chi connectivity index (χ1n) is 12.0. The molecular weight excluding hydrogens is 510 g/mol. The summed E-state index contributed by atoms with van der Waals surface area (Å²) in [4.78, 5) is 28.7. The zero-order chi connectivity index (χ0) is 25.5. The smallest absolute Gasteiger partial charge is 0.288 e. The normalized spacial score (nSPS) is 15.0. The minimum Gasteiger partial charge on any atom is -0.401 e. The van der Waals surface area contributed by atoms with Gasteiger partial charge in [0.15, 0.2) is 11.2 Å². The van der Waals surface area contributed by atoms with E-state index < -0.39 is 6.10 Å². The standard InChI is InChI=1S/C26H24ClN7O2S/c1-15(31-26-29-14-24(37-26)33-23(13-30-32-33)17-6-7-17)20-12-18-11-19(27)8-9-22(18)34(25(20)35)36-16(2)21-5-3-4-10-28-21/h3-5,8-17H,6-7H2,1-2H3,(H,29,31)/t15-,16+/m0/s1. The van der Waals surface area contributed by atoms with E-state index in [-0.39, 0.29) is 11.6 Å². The van der Waals surface area contributed by atoms with Crippen LogP contribution in [0.5, 0.6) is 0 Å². The number of anilines is 1. The highest BCUT2D eigenvalue weighted by atomic mass is 35.5. The van der Waals surface area contributed by atoms with Crippen molar-refractivity contribution < 1.29 is 4.84 Å². The SMILES string of the molecule is C[C@H](Nc1ncc(-n2nncc2C2CC2)s1)c1cc2cc(Cl)ccc2n(O[C@H](C)c2ccccn2)c1=O. The van der Waals surface area contributed by atoms with Crippen LogP contribution in [0.1, 0.15) is 61.7 Å². The average Bonchev–Trinajstić information content (AvgIpc) is 3.44. The van der Waals surface area contributed by atoms with Crippen molar-refractivity contribution in [2.45, 2.75) is 44.8 Å². The van der Waals surface area contributed by atoms with Gasteiger partial charge in [0.2, 0.25) is 0 Å². The molecule has 0 aliphatic heterocycles. The highest BCUT2D eigenvalue weighted by Gasteiger charge is 2.29. The summed E-state index contributed by atoms with van der Waals surface area (Å²) in [6, 6.07) is 12.4. The lowest BCUT2D eigenvalue weighted by Crippen LogP contribution is -2.33. The molecule has 1 aliphatic carbocycles. The molecule has 1 aliphatic rings. The number of hydrogen-bond donors (Lipinski definition) is 1. The molecule has 9 nitrogen and oxygen atoms in total. The maximum Gasteiger partial charge on any atom is 0.288 e. The van der Waals surface area contributed by atoms with E-state index in [4.69, 9.17) is 16.4 Å². The van der Waals surface area contributed by atoms with Gasteiger partial charge in [-0.05, 0) is 63.1 Å². The summed E-state index contributed by atoms with van der Waals surface area (Å²) in [5.41, 5.74) is 2.73. The van der Waals surface area contributed by atoms with Gasteiger partial charge in [-0.1, -0.05) is 34.2 Å². The summed E-state index contributed by atoms with van der Waals surface area (Å²) < 4.78 is 3.19. The summed E-state index contributed by atoms with van der Waals surface area (Å²) >= 11 is 7.76. The molecule has 1 saturated carbocycles. The number of rotatable bonds is 8. The Hall–Kier alpha value is -3.76. The lowest BCUT2D eigenvalue weighted by molar-refractivity contribution is 0.0464. The molecule has 0 unspecified atom stereocenters. The number of benzene rings is 1. The largest absolute Gasteiger partial charge is 0.401 e. The molecule has 0 spiro atoms. The molecule has 0 saturated heterocycles. The Labute approximate surface area is 221 Å². The second kappa shape index (κ2) is 9.60. The van der Waals surface area contributed by atoms with Crippen LogP contribution >= 0.6 is 22.9 Å². The molecule has 1 N–H and O–H groups in total. The van der Waals surface area contributed by atoms with Crippen LogP contribution < -0.4 is 15.7 Å². The van der Waals surface area contributed by atoms with E-state index >= 15 is 0 Å². The monoisotopic (exact) mass is 533 g/mol. The second-order valence-electron chi connectivity index (χ2n) is 9.12. The maximum atomic E-state index is 13.7. The number of nitrogens with zero attached hydrogens (tertiary/aromatic N) is 6. The van der Waals surface area contributed by atoms with Crippen molar-refractivity contribution in [2.24, 2.45) is 0 Å². The first kappa shape index (κ1) is 23.6. The van der Waals surface area contributed by atoms with Gasteiger partial charge in [-0.2, -0.15) is 0 Å². The number of halogens is 1. The number of nitrogens with one attached hydrogen (secondary N) is 1. The summed E-state index contributed by atoms with van der Waals surface area (Å²) in [6.07, 6.45) is 7.17. The minimum atomic E-state index is -0.443. The number of pyridine rings is 2. The van der Waals surface area contributed by atoms with Crippen LogP contribution in [0.2, 0.25) is 5.02 Å². The van der Waals surface area contributed by atoms with Crippen molar-refractivity contribution in [3.63, 3.8) is 0 Å². The van der Waals surface area contributed by atoms with Crippen LogP contribution in [0.3, 0.4) is 0 Å². The third kappa shape index (κ3) is 4.70. The van der Waals surface area contributed by atoms with Crippen molar-refractivity contribution in [3.8, 4) is 5.00 Å². The summed E-state index contributed by atoms with van der Waals surface area (Å²) in [6.45, 7) is 3.79. The lowest BCUT2D eigenvalue weighted by Gasteiger charge is -2.20. The van der Waals surface area contributed by atoms with E-state index in [1.807, 2.05) is 55.1 Å². The van der Waals surface area contributed by atoms with Crippen LogP contribution in [0.25, 0.3) is 15.9 Å². The first-order valence-corrected chi connectivity index (χ1v) is 13.2. The summed E-state index contributed by atoms with van der Waals surface area (Å²) in [7, 11) is 0. The maximum absolute atomic E-state index is 13.7. The zero-order valence-corrected chi connectivity index (χ0v) is 21.8. The third-order valence-electron chi connectivity index (χ3n) is 6.40. The molecular formula is C26H24ClN7O2S. The Kier molecular flexibility index (Phi) is 6.13. The Bertz CT molecular complexity index is 1630. The highest BCUT2D eigenvalue weighted by Crippen LogP contribution is 2.41. The van der Waals surface area contributed by atoms with Crippen molar-refractivity contribution >= 4 is 39.0 Å². The van der Waals surface area contributed by atoms with Gasteiger partial charge in [0.05, 0.1) is 35.3 Å². The fraction of sp³-hybridized carbons (Fsp3) is 0.269. The Morgan fingerprint density at radius 3 is 2.78 bits per heavy atom. The molecule has 4 heterocycles. The Morgan fingerprint density at radius 1 is 1.14 bits per heavy atom. The molecule has 0 radical (unpaired) electrons. The quantitative estimate of drug-likeness (QED) is 0.288. The number of aromatic nitrogens is 6. The van der Waals surface area contributed by atoms with Crippen molar-refractivity contribution in [3.05, 3.63) is 93.4 Å². The van der Waals surface area contributed by atoms with Crippen LogP contribution in [0.4, 0.5) is 5.13 Å².